The van der Waals surface area contributed by atoms with Crippen molar-refractivity contribution in [3.63, 3.8) is 0 Å². The Morgan fingerprint density at radius 3 is 2.62 bits per heavy atom. The van der Waals surface area contributed by atoms with Gasteiger partial charge < -0.3 is 14.8 Å². The Hall–Kier alpha value is -1.79. The van der Waals surface area contributed by atoms with E-state index < -0.39 is 0 Å². The molecule has 0 saturated carbocycles. The van der Waals surface area contributed by atoms with Gasteiger partial charge >= 0.3 is 0 Å². The molecule has 0 fully saturated rings. The van der Waals surface area contributed by atoms with Gasteiger partial charge in [0.15, 0.2) is 0 Å². The van der Waals surface area contributed by atoms with Crippen LogP contribution in [0.15, 0.2) is 42.6 Å². The molecule has 0 aliphatic rings. The van der Waals surface area contributed by atoms with E-state index in [1.165, 1.54) is 0 Å². The van der Waals surface area contributed by atoms with Crippen LogP contribution in [-0.2, 0) is 13.1 Å². The van der Waals surface area contributed by atoms with Crippen LogP contribution in [0.4, 0.5) is 0 Å². The fourth-order valence-electron chi connectivity index (χ4n) is 2.49. The minimum absolute atomic E-state index is 0.635. The average Bonchev–Trinajstić information content (AvgIpc) is 3.11. The van der Waals surface area contributed by atoms with Gasteiger partial charge in [-0.3, -0.25) is 0 Å². The zero-order chi connectivity index (χ0) is 18.5. The number of hydrogen-bond acceptors (Lipinski definition) is 5. The molecule has 0 spiro atoms. The van der Waals surface area contributed by atoms with Crippen molar-refractivity contribution in [1.29, 1.82) is 0 Å². The number of halogens is 2. The fraction of sp³-hybridized carbons (Fsp3) is 0.211. The van der Waals surface area contributed by atoms with Crippen LogP contribution < -0.4 is 14.8 Å². The fourth-order valence-corrected chi connectivity index (χ4v) is 3.88. The Balaban J connectivity index is 1.68. The maximum atomic E-state index is 6.19. The molecule has 0 saturated heterocycles. The van der Waals surface area contributed by atoms with Crippen LogP contribution in [0, 0.1) is 0 Å². The maximum Gasteiger partial charge on any atom is 0.127 e. The van der Waals surface area contributed by atoms with Crippen molar-refractivity contribution in [2.45, 2.75) is 13.1 Å². The summed E-state index contributed by atoms with van der Waals surface area (Å²) in [5.74, 6) is 1.58. The van der Waals surface area contributed by atoms with E-state index in [0.29, 0.717) is 23.1 Å². The third-order valence-corrected chi connectivity index (χ3v) is 5.45. The second-order valence-electron chi connectivity index (χ2n) is 5.52. The van der Waals surface area contributed by atoms with Crippen molar-refractivity contribution in [1.82, 2.24) is 10.3 Å². The van der Waals surface area contributed by atoms with E-state index >= 15 is 0 Å². The Morgan fingerprint density at radius 2 is 1.88 bits per heavy atom. The topological polar surface area (TPSA) is 43.4 Å². The van der Waals surface area contributed by atoms with E-state index in [2.05, 4.69) is 10.3 Å². The van der Waals surface area contributed by atoms with Crippen molar-refractivity contribution in [3.05, 3.63) is 63.2 Å². The lowest BCUT2D eigenvalue weighted by Gasteiger charge is -2.08. The van der Waals surface area contributed by atoms with Crippen LogP contribution >= 0.6 is 34.5 Å². The van der Waals surface area contributed by atoms with Gasteiger partial charge in [0.05, 0.1) is 19.1 Å². The summed E-state index contributed by atoms with van der Waals surface area (Å²) in [5, 5.41) is 5.63. The quantitative estimate of drug-likeness (QED) is 0.566. The predicted octanol–water partition coefficient (Wildman–Crippen LogP) is 5.42. The number of rotatable bonds is 7. The lowest BCUT2D eigenvalue weighted by molar-refractivity contribution is 0.404. The Kier molecular flexibility index (Phi) is 6.38. The number of ether oxygens (including phenoxy) is 2. The number of thiazole rings is 1. The van der Waals surface area contributed by atoms with Gasteiger partial charge in [-0.1, -0.05) is 29.3 Å². The van der Waals surface area contributed by atoms with Gasteiger partial charge in [-0.15, -0.1) is 11.3 Å². The van der Waals surface area contributed by atoms with Crippen LogP contribution in [0.3, 0.4) is 0 Å². The maximum absolute atomic E-state index is 6.19. The first kappa shape index (κ1) is 19.0. The van der Waals surface area contributed by atoms with Crippen LogP contribution in [0.1, 0.15) is 10.6 Å². The average molecular weight is 409 g/mol. The highest BCUT2D eigenvalue weighted by Crippen LogP contribution is 2.36. The number of benzene rings is 2. The van der Waals surface area contributed by atoms with Gasteiger partial charge in [-0.05, 0) is 35.9 Å². The van der Waals surface area contributed by atoms with Crippen molar-refractivity contribution in [2.24, 2.45) is 0 Å². The van der Waals surface area contributed by atoms with Crippen LogP contribution in [0.25, 0.3) is 10.4 Å². The second kappa shape index (κ2) is 8.73. The molecular weight excluding hydrogens is 391 g/mol. The highest BCUT2D eigenvalue weighted by molar-refractivity contribution is 7.15. The summed E-state index contributed by atoms with van der Waals surface area (Å²) in [7, 11) is 3.31. The van der Waals surface area contributed by atoms with Gasteiger partial charge in [0.2, 0.25) is 0 Å². The van der Waals surface area contributed by atoms with Crippen molar-refractivity contribution >= 4 is 34.5 Å². The van der Waals surface area contributed by atoms with Crippen LogP contribution in [0.5, 0.6) is 11.5 Å². The summed E-state index contributed by atoms with van der Waals surface area (Å²) in [5.41, 5.74) is 1.97. The molecule has 7 heteroatoms. The molecule has 1 heterocycles. The van der Waals surface area contributed by atoms with E-state index in [-0.39, 0.29) is 0 Å². The molecule has 0 bridgehead atoms. The molecule has 26 heavy (non-hydrogen) atoms. The molecule has 2 aromatic carbocycles. The molecule has 1 aromatic heterocycles. The first-order valence-corrected chi connectivity index (χ1v) is 9.49. The molecule has 0 radical (unpaired) electrons. The minimum Gasteiger partial charge on any atom is -0.497 e. The number of methoxy groups -OCH3 is 2. The molecule has 3 aromatic rings. The number of nitrogens with one attached hydrogen (secondary N) is 1. The molecule has 0 amide bonds. The first-order chi connectivity index (χ1) is 12.6. The van der Waals surface area contributed by atoms with E-state index in [0.717, 1.165) is 32.5 Å². The number of hydrogen-bond donors (Lipinski definition) is 1. The Bertz CT molecular complexity index is 899. The molecular formula is C19H18Cl2N2O2S. The monoisotopic (exact) mass is 408 g/mol. The molecule has 1 N–H and O–H groups in total. The van der Waals surface area contributed by atoms with Crippen molar-refractivity contribution in [3.8, 4) is 21.9 Å². The molecule has 0 aliphatic heterocycles. The van der Waals surface area contributed by atoms with Crippen LogP contribution in [-0.4, -0.2) is 19.2 Å². The Morgan fingerprint density at radius 1 is 1.04 bits per heavy atom. The first-order valence-electron chi connectivity index (χ1n) is 7.92. The molecule has 136 valence electrons. The molecule has 0 atom stereocenters. The zero-order valence-electron chi connectivity index (χ0n) is 14.4. The lowest BCUT2D eigenvalue weighted by Crippen LogP contribution is -2.12. The highest BCUT2D eigenvalue weighted by atomic mass is 35.5. The lowest BCUT2D eigenvalue weighted by atomic mass is 10.1. The van der Waals surface area contributed by atoms with Gasteiger partial charge in [0, 0.05) is 34.9 Å². The summed E-state index contributed by atoms with van der Waals surface area (Å²) in [4.78, 5) is 5.53. The third-order valence-electron chi connectivity index (χ3n) is 3.83. The summed E-state index contributed by atoms with van der Waals surface area (Å²) < 4.78 is 10.8. The molecule has 4 nitrogen and oxygen atoms in total. The van der Waals surface area contributed by atoms with E-state index in [9.17, 15) is 0 Å². The van der Waals surface area contributed by atoms with Crippen molar-refractivity contribution in [2.75, 3.05) is 14.2 Å². The third kappa shape index (κ3) is 4.48. The second-order valence-corrected chi connectivity index (χ2v) is 7.48. The Labute approximate surface area is 166 Å². The normalized spacial score (nSPS) is 10.8. The smallest absolute Gasteiger partial charge is 0.127 e. The van der Waals surface area contributed by atoms with E-state index in [4.69, 9.17) is 32.7 Å². The molecule has 0 aliphatic carbocycles. The van der Waals surface area contributed by atoms with E-state index in [1.807, 2.05) is 36.5 Å². The SMILES string of the molecule is COc1ccc(OC)c(-c2cnc(CNCc3ccc(Cl)cc3Cl)s2)c1. The van der Waals surface area contributed by atoms with Crippen molar-refractivity contribution < 1.29 is 9.47 Å². The summed E-state index contributed by atoms with van der Waals surface area (Å²) >= 11 is 13.7. The summed E-state index contributed by atoms with van der Waals surface area (Å²) in [6.45, 7) is 1.29. The zero-order valence-corrected chi connectivity index (χ0v) is 16.7. The molecule has 0 unspecified atom stereocenters. The van der Waals surface area contributed by atoms with E-state index in [1.54, 1.807) is 31.6 Å². The van der Waals surface area contributed by atoms with Gasteiger partial charge in [-0.25, -0.2) is 4.98 Å². The van der Waals surface area contributed by atoms with Gasteiger partial charge in [0.1, 0.15) is 16.5 Å². The largest absolute Gasteiger partial charge is 0.497 e. The van der Waals surface area contributed by atoms with Gasteiger partial charge in [0.25, 0.3) is 0 Å². The number of aromatic nitrogens is 1. The number of nitrogens with zero attached hydrogens (tertiary/aromatic N) is 1. The summed E-state index contributed by atoms with van der Waals surface area (Å²) in [6, 6.07) is 11.2. The molecule has 3 rings (SSSR count). The summed E-state index contributed by atoms with van der Waals surface area (Å²) in [6.07, 6.45) is 1.86. The predicted molar refractivity (Wildman–Crippen MR) is 108 cm³/mol. The minimum atomic E-state index is 0.635. The standard InChI is InChI=1S/C19H18Cl2N2O2S/c1-24-14-5-6-17(25-2)15(8-14)18-10-23-19(26-18)11-22-9-12-3-4-13(20)7-16(12)21/h3-8,10,22H,9,11H2,1-2H3. The highest BCUT2D eigenvalue weighted by Gasteiger charge is 2.11. The van der Waals surface area contributed by atoms with Gasteiger partial charge in [-0.2, -0.15) is 0 Å². The van der Waals surface area contributed by atoms with Crippen LogP contribution in [0.2, 0.25) is 10.0 Å².